The molecule has 0 radical (unpaired) electrons. The number of halogens is 1. The van der Waals surface area contributed by atoms with Crippen LogP contribution < -0.4 is 10.6 Å². The Morgan fingerprint density at radius 1 is 1.54 bits per heavy atom. The van der Waals surface area contributed by atoms with Crippen molar-refractivity contribution in [1.82, 2.24) is 10.6 Å². The maximum Gasteiger partial charge on any atom is 0.159 e. The Morgan fingerprint density at radius 3 is 2.46 bits per heavy atom. The highest BCUT2D eigenvalue weighted by Crippen LogP contribution is 1.99. The van der Waals surface area contributed by atoms with E-state index in [2.05, 4.69) is 47.1 Å². The molecule has 78 valence electrons. The molecule has 0 spiro atoms. The molecule has 0 fully saturated rings. The first-order valence-corrected chi connectivity index (χ1v) is 5.96. The van der Waals surface area contributed by atoms with Gasteiger partial charge in [-0.25, -0.2) is 0 Å². The molecule has 0 bridgehead atoms. The number of carbonyl (C=O) groups excluding carboxylic acids is 1. The molecule has 1 atom stereocenters. The van der Waals surface area contributed by atoms with Crippen LogP contribution in [0.2, 0.25) is 0 Å². The van der Waals surface area contributed by atoms with E-state index in [1.54, 1.807) is 0 Å². The van der Waals surface area contributed by atoms with Gasteiger partial charge in [0.15, 0.2) is 5.78 Å². The predicted octanol–water partition coefficient (Wildman–Crippen LogP) is 0.967. The van der Waals surface area contributed by atoms with Gasteiger partial charge in [-0.1, -0.05) is 22.6 Å². The summed E-state index contributed by atoms with van der Waals surface area (Å²) in [7, 11) is 1.92. The molecule has 2 N–H and O–H groups in total. The molecule has 0 aromatic rings. The molecule has 0 amide bonds. The lowest BCUT2D eigenvalue weighted by molar-refractivity contribution is -0.118. The zero-order chi connectivity index (χ0) is 10.5. The highest BCUT2D eigenvalue weighted by Gasteiger charge is 2.17. The highest BCUT2D eigenvalue weighted by atomic mass is 127. The van der Waals surface area contributed by atoms with Crippen molar-refractivity contribution >= 4 is 28.4 Å². The summed E-state index contributed by atoms with van der Waals surface area (Å²) in [6.07, 6.45) is 0. The van der Waals surface area contributed by atoms with Gasteiger partial charge in [-0.3, -0.25) is 4.79 Å². The fraction of sp³-hybridized carbons (Fsp3) is 0.889. The summed E-state index contributed by atoms with van der Waals surface area (Å²) >= 11 is 2.09. The number of carbonyl (C=O) groups is 1. The van der Waals surface area contributed by atoms with Gasteiger partial charge < -0.3 is 10.6 Å². The Hall–Kier alpha value is 0.320. The van der Waals surface area contributed by atoms with Crippen LogP contribution in [0.15, 0.2) is 0 Å². The van der Waals surface area contributed by atoms with E-state index in [1.807, 2.05) is 14.0 Å². The standard InChI is InChI=1S/C9H19IN2O/c1-7(8(13)5-10)12-6-9(2,3)11-4/h7,11-12H,5-6H2,1-4H3/t7-/m0/s1. The summed E-state index contributed by atoms with van der Waals surface area (Å²) in [5.74, 6) is 0.257. The minimum absolute atomic E-state index is 0.0375. The molecule has 0 unspecified atom stereocenters. The molecule has 0 aromatic carbocycles. The minimum Gasteiger partial charge on any atom is -0.314 e. The molecule has 0 saturated carbocycles. The van der Waals surface area contributed by atoms with E-state index in [1.165, 1.54) is 0 Å². The quantitative estimate of drug-likeness (QED) is 0.567. The van der Waals surface area contributed by atoms with Crippen LogP contribution in [-0.2, 0) is 4.79 Å². The van der Waals surface area contributed by atoms with E-state index in [4.69, 9.17) is 0 Å². The average Bonchev–Trinajstić information content (AvgIpc) is 2.13. The van der Waals surface area contributed by atoms with Crippen LogP contribution >= 0.6 is 22.6 Å². The second kappa shape index (κ2) is 5.93. The molecule has 13 heavy (non-hydrogen) atoms. The topological polar surface area (TPSA) is 41.1 Å². The van der Waals surface area contributed by atoms with E-state index in [0.717, 1.165) is 6.54 Å². The number of ketones is 1. The van der Waals surface area contributed by atoms with Gasteiger partial charge in [-0.15, -0.1) is 0 Å². The Balaban J connectivity index is 3.82. The van der Waals surface area contributed by atoms with Gasteiger partial charge in [0, 0.05) is 12.1 Å². The van der Waals surface area contributed by atoms with Crippen molar-refractivity contribution in [3.8, 4) is 0 Å². The smallest absolute Gasteiger partial charge is 0.159 e. The van der Waals surface area contributed by atoms with Crippen LogP contribution in [0.5, 0.6) is 0 Å². The molecule has 0 aliphatic heterocycles. The van der Waals surface area contributed by atoms with Gasteiger partial charge in [0.05, 0.1) is 10.5 Å². The fourth-order valence-electron chi connectivity index (χ4n) is 0.726. The normalized spacial score (nSPS) is 14.2. The largest absolute Gasteiger partial charge is 0.314 e. The van der Waals surface area contributed by atoms with Gasteiger partial charge in [0.25, 0.3) is 0 Å². The fourth-order valence-corrected chi connectivity index (χ4v) is 1.39. The van der Waals surface area contributed by atoms with Gasteiger partial charge in [0.2, 0.25) is 0 Å². The monoisotopic (exact) mass is 298 g/mol. The lowest BCUT2D eigenvalue weighted by atomic mass is 10.1. The van der Waals surface area contributed by atoms with Crippen LogP contribution in [-0.4, -0.2) is 35.4 Å². The highest BCUT2D eigenvalue weighted by molar-refractivity contribution is 14.1. The van der Waals surface area contributed by atoms with E-state index in [0.29, 0.717) is 4.43 Å². The van der Waals surface area contributed by atoms with E-state index in [9.17, 15) is 4.79 Å². The van der Waals surface area contributed by atoms with Crippen LogP contribution in [0, 0.1) is 0 Å². The summed E-state index contributed by atoms with van der Waals surface area (Å²) in [4.78, 5) is 11.2. The van der Waals surface area contributed by atoms with Crippen molar-refractivity contribution in [2.24, 2.45) is 0 Å². The van der Waals surface area contributed by atoms with E-state index in [-0.39, 0.29) is 17.4 Å². The van der Waals surface area contributed by atoms with Gasteiger partial charge in [-0.05, 0) is 27.8 Å². The number of hydrogen-bond donors (Lipinski definition) is 2. The molecule has 3 nitrogen and oxygen atoms in total. The average molecular weight is 298 g/mol. The van der Waals surface area contributed by atoms with Gasteiger partial charge in [-0.2, -0.15) is 0 Å². The number of alkyl halides is 1. The maximum absolute atomic E-state index is 11.2. The zero-order valence-electron chi connectivity index (χ0n) is 8.78. The second-order valence-electron chi connectivity index (χ2n) is 3.84. The number of likely N-dealkylation sites (N-methyl/N-ethyl adjacent to an activating group) is 1. The zero-order valence-corrected chi connectivity index (χ0v) is 10.9. The van der Waals surface area contributed by atoms with Crippen molar-refractivity contribution in [3.63, 3.8) is 0 Å². The summed E-state index contributed by atoms with van der Waals surface area (Å²) in [6.45, 7) is 6.91. The van der Waals surface area contributed by atoms with Crippen molar-refractivity contribution in [1.29, 1.82) is 0 Å². The Morgan fingerprint density at radius 2 is 2.08 bits per heavy atom. The number of hydrogen-bond acceptors (Lipinski definition) is 3. The van der Waals surface area contributed by atoms with Crippen LogP contribution in [0.1, 0.15) is 20.8 Å². The van der Waals surface area contributed by atoms with Crippen LogP contribution in [0.4, 0.5) is 0 Å². The van der Waals surface area contributed by atoms with Crippen molar-refractivity contribution < 1.29 is 4.79 Å². The van der Waals surface area contributed by atoms with Crippen LogP contribution in [0.3, 0.4) is 0 Å². The maximum atomic E-state index is 11.2. The predicted molar refractivity (Wildman–Crippen MR) is 64.5 cm³/mol. The summed E-state index contributed by atoms with van der Waals surface area (Å²) in [6, 6.07) is -0.0375. The summed E-state index contributed by atoms with van der Waals surface area (Å²) in [5.41, 5.74) is 0.0415. The first kappa shape index (κ1) is 13.3. The SMILES string of the molecule is CNC(C)(C)CN[C@@H](C)C(=O)CI. The molecular formula is C9H19IN2O. The third-order valence-electron chi connectivity index (χ3n) is 2.14. The Kier molecular flexibility index (Phi) is 6.07. The van der Waals surface area contributed by atoms with Crippen molar-refractivity contribution in [2.75, 3.05) is 18.0 Å². The molecule has 0 aliphatic rings. The molecule has 0 heterocycles. The van der Waals surface area contributed by atoms with Crippen molar-refractivity contribution in [2.45, 2.75) is 32.4 Å². The Labute approximate surface area is 94.2 Å². The molecule has 0 aliphatic carbocycles. The Bertz CT molecular complexity index is 171. The third kappa shape index (κ3) is 5.59. The summed E-state index contributed by atoms with van der Waals surface area (Å²) in [5, 5.41) is 6.39. The molecule has 0 rings (SSSR count). The molecule has 0 aromatic heterocycles. The third-order valence-corrected chi connectivity index (χ3v) is 2.89. The second-order valence-corrected chi connectivity index (χ2v) is 4.60. The lowest BCUT2D eigenvalue weighted by Gasteiger charge is -2.26. The van der Waals surface area contributed by atoms with E-state index >= 15 is 0 Å². The van der Waals surface area contributed by atoms with E-state index < -0.39 is 0 Å². The van der Waals surface area contributed by atoms with Gasteiger partial charge >= 0.3 is 0 Å². The first-order chi connectivity index (χ1) is 5.93. The minimum atomic E-state index is -0.0375. The molecule has 4 heteroatoms. The number of Topliss-reactive ketones (excluding diaryl/α,β-unsaturated/α-hetero) is 1. The molecule has 0 saturated heterocycles. The molecular weight excluding hydrogens is 279 g/mol. The van der Waals surface area contributed by atoms with Gasteiger partial charge in [0.1, 0.15) is 0 Å². The lowest BCUT2D eigenvalue weighted by Crippen LogP contribution is -2.49. The number of rotatable bonds is 6. The summed E-state index contributed by atoms with van der Waals surface area (Å²) < 4.78 is 0.575. The van der Waals surface area contributed by atoms with Crippen LogP contribution in [0.25, 0.3) is 0 Å². The van der Waals surface area contributed by atoms with Crippen molar-refractivity contribution in [3.05, 3.63) is 0 Å². The first-order valence-electron chi connectivity index (χ1n) is 4.44. The number of nitrogens with one attached hydrogen (secondary N) is 2.